The van der Waals surface area contributed by atoms with Crippen molar-refractivity contribution in [3.63, 3.8) is 0 Å². The molecule has 0 fully saturated rings. The van der Waals surface area contributed by atoms with Crippen molar-refractivity contribution in [2.24, 2.45) is 0 Å². The Kier molecular flexibility index (Phi) is 5.39. The molecule has 8 nitrogen and oxygen atoms in total. The molecule has 4 rings (SSSR count). The van der Waals surface area contributed by atoms with Gasteiger partial charge in [0.2, 0.25) is 0 Å². The van der Waals surface area contributed by atoms with E-state index >= 15 is 0 Å². The van der Waals surface area contributed by atoms with Crippen LogP contribution in [0.3, 0.4) is 0 Å². The third-order valence-electron chi connectivity index (χ3n) is 5.27. The molecule has 0 bridgehead atoms. The van der Waals surface area contributed by atoms with Crippen LogP contribution in [0.15, 0.2) is 65.6 Å². The fourth-order valence-electron chi connectivity index (χ4n) is 3.57. The summed E-state index contributed by atoms with van der Waals surface area (Å²) >= 11 is 0. The number of hydrogen-bond acceptors (Lipinski definition) is 5. The van der Waals surface area contributed by atoms with E-state index in [2.05, 4.69) is 4.72 Å². The predicted octanol–water partition coefficient (Wildman–Crippen LogP) is 4.05. The quantitative estimate of drug-likeness (QED) is 0.461. The molecule has 0 spiro atoms. The molecule has 1 amide bonds. The molecule has 3 aromatic rings. The average molecular weight is 455 g/mol. The topological polar surface area (TPSA) is 110 Å². The first-order valence-electron chi connectivity index (χ1n) is 9.64. The molecule has 164 valence electrons. The summed E-state index contributed by atoms with van der Waals surface area (Å²) in [5, 5.41) is 11.1. The summed E-state index contributed by atoms with van der Waals surface area (Å²) in [6.45, 7) is 2.01. The van der Waals surface area contributed by atoms with Gasteiger partial charge in [-0.3, -0.25) is 19.6 Å². The minimum absolute atomic E-state index is 0.125. The number of nitrogens with zero attached hydrogens (tertiary/aromatic N) is 2. The van der Waals surface area contributed by atoms with Gasteiger partial charge in [0.1, 0.15) is 5.82 Å². The first-order valence-corrected chi connectivity index (χ1v) is 11.1. The highest BCUT2D eigenvalue weighted by Gasteiger charge is 2.29. The van der Waals surface area contributed by atoms with Gasteiger partial charge in [-0.25, -0.2) is 12.8 Å². The molecule has 0 aliphatic carbocycles. The summed E-state index contributed by atoms with van der Waals surface area (Å²) in [7, 11) is -4.03. The average Bonchev–Trinajstić information content (AvgIpc) is 3.18. The Morgan fingerprint density at radius 2 is 1.81 bits per heavy atom. The maximum absolute atomic E-state index is 13.3. The third kappa shape index (κ3) is 4.04. The van der Waals surface area contributed by atoms with E-state index in [1.165, 1.54) is 47.4 Å². The Morgan fingerprint density at radius 1 is 1.09 bits per heavy atom. The van der Waals surface area contributed by atoms with Gasteiger partial charge in [-0.15, -0.1) is 0 Å². The molecule has 0 saturated heterocycles. The second-order valence-corrected chi connectivity index (χ2v) is 9.05. The molecule has 32 heavy (non-hydrogen) atoms. The van der Waals surface area contributed by atoms with Crippen LogP contribution >= 0.6 is 0 Å². The molecule has 0 unspecified atom stereocenters. The number of nitro benzene ring substituents is 1. The van der Waals surface area contributed by atoms with Crippen LogP contribution in [0.25, 0.3) is 0 Å². The van der Waals surface area contributed by atoms with Crippen molar-refractivity contribution in [2.75, 3.05) is 16.2 Å². The lowest BCUT2D eigenvalue weighted by Gasteiger charge is -2.19. The van der Waals surface area contributed by atoms with Crippen LogP contribution in [0.2, 0.25) is 0 Å². The van der Waals surface area contributed by atoms with E-state index < -0.39 is 26.7 Å². The molecule has 1 aliphatic rings. The number of anilines is 2. The number of amides is 1. The number of fused-ring (bicyclic) bond motifs is 1. The van der Waals surface area contributed by atoms with Crippen LogP contribution in [0.1, 0.15) is 21.5 Å². The highest BCUT2D eigenvalue weighted by molar-refractivity contribution is 7.92. The van der Waals surface area contributed by atoms with Crippen LogP contribution < -0.4 is 9.62 Å². The Labute approximate surface area is 183 Å². The van der Waals surface area contributed by atoms with Crippen molar-refractivity contribution in [3.05, 3.63) is 93.3 Å². The first kappa shape index (κ1) is 21.4. The van der Waals surface area contributed by atoms with Crippen molar-refractivity contribution in [2.45, 2.75) is 18.2 Å². The zero-order valence-electron chi connectivity index (χ0n) is 16.9. The second kappa shape index (κ2) is 8.04. The summed E-state index contributed by atoms with van der Waals surface area (Å²) in [6, 6.07) is 13.4. The number of nitrogens with one attached hydrogen (secondary N) is 1. The molecular formula is C22H18FN3O5S. The minimum Gasteiger partial charge on any atom is -0.307 e. The Morgan fingerprint density at radius 3 is 2.50 bits per heavy atom. The fraction of sp³-hybridized carbons (Fsp3) is 0.136. The van der Waals surface area contributed by atoms with Crippen LogP contribution in [0, 0.1) is 22.9 Å². The number of nitro groups is 1. The van der Waals surface area contributed by atoms with E-state index in [1.54, 1.807) is 13.0 Å². The summed E-state index contributed by atoms with van der Waals surface area (Å²) < 4.78 is 41.1. The van der Waals surface area contributed by atoms with E-state index in [9.17, 15) is 27.7 Å². The maximum atomic E-state index is 13.3. The molecule has 0 radical (unpaired) electrons. The number of hydrogen-bond donors (Lipinski definition) is 1. The fourth-order valence-corrected chi connectivity index (χ4v) is 4.65. The zero-order valence-corrected chi connectivity index (χ0v) is 17.7. The van der Waals surface area contributed by atoms with E-state index in [0.29, 0.717) is 24.2 Å². The monoisotopic (exact) mass is 455 g/mol. The second-order valence-electron chi connectivity index (χ2n) is 7.37. The van der Waals surface area contributed by atoms with Gasteiger partial charge in [0, 0.05) is 29.9 Å². The van der Waals surface area contributed by atoms with Crippen molar-refractivity contribution in [3.8, 4) is 0 Å². The number of halogens is 1. The number of non-ortho nitro benzene ring substituents is 1. The van der Waals surface area contributed by atoms with Gasteiger partial charge in [-0.1, -0.05) is 12.1 Å². The van der Waals surface area contributed by atoms with Crippen LogP contribution in [0.5, 0.6) is 0 Å². The molecule has 1 N–H and O–H groups in total. The first-order chi connectivity index (χ1) is 15.2. The highest BCUT2D eigenvalue weighted by atomic mass is 32.2. The van der Waals surface area contributed by atoms with E-state index in [-0.39, 0.29) is 21.8 Å². The Hall–Kier alpha value is -3.79. The summed E-state index contributed by atoms with van der Waals surface area (Å²) in [5.74, 6) is -0.942. The normalized spacial score (nSPS) is 13.0. The van der Waals surface area contributed by atoms with E-state index in [0.717, 1.165) is 17.7 Å². The summed E-state index contributed by atoms with van der Waals surface area (Å²) in [5.41, 5.74) is 2.05. The largest absolute Gasteiger partial charge is 0.307 e. The van der Waals surface area contributed by atoms with Gasteiger partial charge >= 0.3 is 0 Å². The Bertz CT molecular complexity index is 1340. The number of carbonyl (C=O) groups is 1. The van der Waals surface area contributed by atoms with Gasteiger partial charge in [-0.2, -0.15) is 0 Å². The standard InChI is InChI=1S/C22H18FN3O5S/c1-14-2-9-19(32(30,31)24-17-6-4-16(23)5-7-17)13-20(14)22(27)25-11-10-15-3-8-18(26(28)29)12-21(15)25/h2-9,12-13,24H,10-11H2,1H3. The van der Waals surface area contributed by atoms with Crippen molar-refractivity contribution >= 4 is 33.0 Å². The van der Waals surface area contributed by atoms with Crippen molar-refractivity contribution in [1.29, 1.82) is 0 Å². The van der Waals surface area contributed by atoms with Gasteiger partial charge in [-0.05, 0) is 60.9 Å². The van der Waals surface area contributed by atoms with E-state index in [1.807, 2.05) is 0 Å². The lowest BCUT2D eigenvalue weighted by Crippen LogP contribution is -2.29. The molecule has 1 aliphatic heterocycles. The molecule has 3 aromatic carbocycles. The molecule has 0 atom stereocenters. The predicted molar refractivity (Wildman–Crippen MR) is 117 cm³/mol. The molecule has 0 aromatic heterocycles. The van der Waals surface area contributed by atoms with Crippen LogP contribution in [0.4, 0.5) is 21.5 Å². The van der Waals surface area contributed by atoms with Gasteiger partial charge in [0.15, 0.2) is 0 Å². The maximum Gasteiger partial charge on any atom is 0.271 e. The number of rotatable bonds is 5. The summed E-state index contributed by atoms with van der Waals surface area (Å²) in [4.78, 5) is 25.2. The Balaban J connectivity index is 1.67. The number of sulfonamides is 1. The van der Waals surface area contributed by atoms with Gasteiger partial charge < -0.3 is 4.90 Å². The minimum atomic E-state index is -4.03. The lowest BCUT2D eigenvalue weighted by atomic mass is 10.1. The number of benzene rings is 3. The van der Waals surface area contributed by atoms with Crippen molar-refractivity contribution in [1.82, 2.24) is 0 Å². The molecule has 0 saturated carbocycles. The molecule has 1 heterocycles. The highest BCUT2D eigenvalue weighted by Crippen LogP contribution is 2.33. The lowest BCUT2D eigenvalue weighted by molar-refractivity contribution is -0.384. The van der Waals surface area contributed by atoms with Gasteiger partial charge in [0.25, 0.3) is 21.6 Å². The number of carbonyl (C=O) groups excluding carboxylic acids is 1. The number of aryl methyl sites for hydroxylation is 1. The molecule has 10 heteroatoms. The smallest absolute Gasteiger partial charge is 0.271 e. The van der Waals surface area contributed by atoms with E-state index in [4.69, 9.17) is 0 Å². The van der Waals surface area contributed by atoms with Crippen LogP contribution in [-0.4, -0.2) is 25.8 Å². The van der Waals surface area contributed by atoms with Crippen LogP contribution in [-0.2, 0) is 16.4 Å². The molecular weight excluding hydrogens is 437 g/mol. The SMILES string of the molecule is Cc1ccc(S(=O)(=O)Nc2ccc(F)cc2)cc1C(=O)N1CCc2ccc([N+](=O)[O-])cc21. The zero-order chi connectivity index (χ0) is 23.0. The summed E-state index contributed by atoms with van der Waals surface area (Å²) in [6.07, 6.45) is 0.544. The van der Waals surface area contributed by atoms with Crippen molar-refractivity contribution < 1.29 is 22.5 Å². The van der Waals surface area contributed by atoms with Gasteiger partial charge in [0.05, 0.1) is 15.5 Å². The third-order valence-corrected chi connectivity index (χ3v) is 6.65.